The lowest BCUT2D eigenvalue weighted by Crippen LogP contribution is -2.33. The van der Waals surface area contributed by atoms with Crippen molar-refractivity contribution in [1.82, 2.24) is 19.2 Å². The van der Waals surface area contributed by atoms with Crippen LogP contribution in [0.15, 0.2) is 24.4 Å². The summed E-state index contributed by atoms with van der Waals surface area (Å²) in [5.41, 5.74) is 3.29. The van der Waals surface area contributed by atoms with Crippen LogP contribution in [0.1, 0.15) is 11.4 Å². The number of pyridine rings is 1. The van der Waals surface area contributed by atoms with E-state index in [9.17, 15) is 5.11 Å². The van der Waals surface area contributed by atoms with Crippen molar-refractivity contribution in [2.24, 2.45) is 11.8 Å². The molecule has 2 aromatic rings. The Kier molecular flexibility index (Phi) is 5.50. The van der Waals surface area contributed by atoms with Crippen LogP contribution in [0.2, 0.25) is 0 Å². The number of aliphatic hydroxyl groups is 2. The van der Waals surface area contributed by atoms with Crippen molar-refractivity contribution in [2.45, 2.75) is 13.5 Å². The van der Waals surface area contributed by atoms with E-state index in [2.05, 4.69) is 32.3 Å². The zero-order chi connectivity index (χ0) is 17.1. The van der Waals surface area contributed by atoms with Crippen molar-refractivity contribution in [3.05, 3.63) is 35.8 Å². The predicted molar refractivity (Wildman–Crippen MR) is 93.9 cm³/mol. The zero-order valence-corrected chi connectivity index (χ0v) is 14.6. The molecule has 2 atom stereocenters. The number of aromatic nitrogens is 2. The number of aliphatic hydroxyl groups excluding tert-OH is 2. The third-order valence-corrected chi connectivity index (χ3v) is 5.12. The first-order valence-corrected chi connectivity index (χ1v) is 8.67. The van der Waals surface area contributed by atoms with Crippen molar-refractivity contribution >= 4 is 5.65 Å². The highest BCUT2D eigenvalue weighted by Crippen LogP contribution is 2.26. The second kappa shape index (κ2) is 7.61. The summed E-state index contributed by atoms with van der Waals surface area (Å²) in [7, 11) is 2.03. The summed E-state index contributed by atoms with van der Waals surface area (Å²) in [4.78, 5) is 9.20. The van der Waals surface area contributed by atoms with Crippen molar-refractivity contribution in [3.8, 4) is 0 Å². The molecule has 1 saturated heterocycles. The molecule has 0 bridgehead atoms. The molecule has 0 aliphatic carbocycles. The van der Waals surface area contributed by atoms with Crippen molar-refractivity contribution in [3.63, 3.8) is 0 Å². The number of rotatable bonds is 7. The molecule has 0 spiro atoms. The Hall–Kier alpha value is -1.47. The SMILES string of the molecule is Cc1nc2ccccn2c1CN1C[C@@H](CN(C)CCO)[C@@H](CO)C1. The normalized spacial score (nSPS) is 22.0. The molecule has 0 saturated carbocycles. The van der Waals surface area contributed by atoms with Crippen LogP contribution in [0.3, 0.4) is 0 Å². The zero-order valence-electron chi connectivity index (χ0n) is 14.6. The summed E-state index contributed by atoms with van der Waals surface area (Å²) in [6, 6.07) is 6.07. The quantitative estimate of drug-likeness (QED) is 0.778. The van der Waals surface area contributed by atoms with Gasteiger partial charge in [0.05, 0.1) is 18.0 Å². The van der Waals surface area contributed by atoms with E-state index in [0.717, 1.165) is 37.5 Å². The lowest BCUT2D eigenvalue weighted by molar-refractivity contribution is 0.160. The van der Waals surface area contributed by atoms with Crippen LogP contribution in [-0.2, 0) is 6.54 Å². The molecule has 132 valence electrons. The molecule has 2 aromatic heterocycles. The minimum Gasteiger partial charge on any atom is -0.396 e. The summed E-state index contributed by atoms with van der Waals surface area (Å²) < 4.78 is 2.16. The highest BCUT2D eigenvalue weighted by Gasteiger charge is 2.33. The molecule has 1 aliphatic heterocycles. The monoisotopic (exact) mass is 332 g/mol. The first kappa shape index (κ1) is 17.4. The Bertz CT molecular complexity index is 672. The van der Waals surface area contributed by atoms with Crippen LogP contribution < -0.4 is 0 Å². The molecular formula is C18H28N4O2. The molecule has 1 fully saturated rings. The molecule has 0 amide bonds. The third-order valence-electron chi connectivity index (χ3n) is 5.12. The van der Waals surface area contributed by atoms with E-state index < -0.39 is 0 Å². The van der Waals surface area contributed by atoms with Crippen molar-refractivity contribution in [1.29, 1.82) is 0 Å². The smallest absolute Gasteiger partial charge is 0.137 e. The number of nitrogens with zero attached hydrogens (tertiary/aromatic N) is 4. The average Bonchev–Trinajstić information content (AvgIpc) is 3.09. The van der Waals surface area contributed by atoms with Crippen LogP contribution in [-0.4, -0.2) is 75.8 Å². The lowest BCUT2D eigenvalue weighted by Gasteiger charge is -2.23. The maximum atomic E-state index is 9.74. The number of aryl methyl sites for hydroxylation is 1. The average molecular weight is 332 g/mol. The van der Waals surface area contributed by atoms with Crippen LogP contribution in [0.25, 0.3) is 5.65 Å². The minimum atomic E-state index is 0.178. The van der Waals surface area contributed by atoms with Crippen LogP contribution in [0.4, 0.5) is 0 Å². The molecule has 3 heterocycles. The van der Waals surface area contributed by atoms with E-state index in [4.69, 9.17) is 5.11 Å². The summed E-state index contributed by atoms with van der Waals surface area (Å²) >= 11 is 0. The van der Waals surface area contributed by atoms with Gasteiger partial charge in [-0.2, -0.15) is 0 Å². The van der Waals surface area contributed by atoms with Gasteiger partial charge < -0.3 is 19.5 Å². The fraction of sp³-hybridized carbons (Fsp3) is 0.611. The van der Waals surface area contributed by atoms with Crippen molar-refractivity contribution < 1.29 is 10.2 Å². The van der Waals surface area contributed by atoms with E-state index in [1.165, 1.54) is 5.69 Å². The number of fused-ring (bicyclic) bond motifs is 1. The van der Waals surface area contributed by atoms with Gasteiger partial charge >= 0.3 is 0 Å². The van der Waals surface area contributed by atoms with Gasteiger partial charge in [-0.15, -0.1) is 0 Å². The molecular weight excluding hydrogens is 304 g/mol. The molecule has 24 heavy (non-hydrogen) atoms. The number of hydrogen-bond acceptors (Lipinski definition) is 5. The number of likely N-dealkylation sites (tertiary alicyclic amines) is 1. The summed E-state index contributed by atoms with van der Waals surface area (Å²) in [6.07, 6.45) is 2.07. The number of hydrogen-bond donors (Lipinski definition) is 2. The summed E-state index contributed by atoms with van der Waals surface area (Å²) in [5.74, 6) is 0.733. The molecule has 6 heteroatoms. The van der Waals surface area contributed by atoms with E-state index in [0.29, 0.717) is 18.4 Å². The Labute approximate surface area is 143 Å². The largest absolute Gasteiger partial charge is 0.396 e. The Morgan fingerprint density at radius 1 is 1.25 bits per heavy atom. The van der Waals surface area contributed by atoms with Crippen molar-refractivity contribution in [2.75, 3.05) is 46.4 Å². The molecule has 3 rings (SSSR count). The highest BCUT2D eigenvalue weighted by atomic mass is 16.3. The van der Waals surface area contributed by atoms with Gasteiger partial charge in [-0.05, 0) is 37.9 Å². The number of likely N-dealkylation sites (N-methyl/N-ethyl adjacent to an activating group) is 1. The molecule has 6 nitrogen and oxygen atoms in total. The van der Waals surface area contributed by atoms with Crippen LogP contribution >= 0.6 is 0 Å². The Morgan fingerprint density at radius 2 is 2.04 bits per heavy atom. The third kappa shape index (κ3) is 3.62. The van der Waals surface area contributed by atoms with Gasteiger partial charge in [-0.1, -0.05) is 6.07 Å². The van der Waals surface area contributed by atoms with E-state index in [1.807, 2.05) is 25.2 Å². The van der Waals surface area contributed by atoms with E-state index in [-0.39, 0.29) is 13.2 Å². The first-order chi connectivity index (χ1) is 11.6. The van der Waals surface area contributed by atoms with Gasteiger partial charge in [0.2, 0.25) is 0 Å². The van der Waals surface area contributed by atoms with Gasteiger partial charge in [0, 0.05) is 45.5 Å². The lowest BCUT2D eigenvalue weighted by atomic mass is 9.96. The van der Waals surface area contributed by atoms with E-state index >= 15 is 0 Å². The first-order valence-electron chi connectivity index (χ1n) is 8.67. The fourth-order valence-electron chi connectivity index (χ4n) is 3.81. The fourth-order valence-corrected chi connectivity index (χ4v) is 3.81. The van der Waals surface area contributed by atoms with Gasteiger partial charge in [-0.25, -0.2) is 4.98 Å². The molecule has 2 N–H and O–H groups in total. The summed E-state index contributed by atoms with van der Waals surface area (Å²) in [5, 5.41) is 18.8. The topological polar surface area (TPSA) is 64.2 Å². The van der Waals surface area contributed by atoms with Gasteiger partial charge in [0.1, 0.15) is 5.65 Å². The molecule has 0 unspecified atom stereocenters. The maximum absolute atomic E-state index is 9.74. The Balaban J connectivity index is 1.70. The standard InChI is InChI=1S/C18H28N4O2/c1-14-17(22-6-4-3-5-18(22)19-14)12-21-10-15(16(11-21)13-24)9-20(2)7-8-23/h3-6,15-16,23-24H,7-13H2,1-2H3/t15-,16-/m1/s1. The predicted octanol–water partition coefficient (Wildman–Crippen LogP) is 0.607. The van der Waals surface area contributed by atoms with Crippen LogP contribution in [0, 0.1) is 18.8 Å². The van der Waals surface area contributed by atoms with Crippen LogP contribution in [0.5, 0.6) is 0 Å². The molecule has 1 aliphatic rings. The summed E-state index contributed by atoms with van der Waals surface area (Å²) in [6.45, 7) is 6.80. The number of imidazole rings is 1. The van der Waals surface area contributed by atoms with Gasteiger partial charge in [0.25, 0.3) is 0 Å². The molecule has 0 aromatic carbocycles. The molecule has 0 radical (unpaired) electrons. The van der Waals surface area contributed by atoms with E-state index in [1.54, 1.807) is 0 Å². The Morgan fingerprint density at radius 3 is 2.79 bits per heavy atom. The maximum Gasteiger partial charge on any atom is 0.137 e. The minimum absolute atomic E-state index is 0.178. The highest BCUT2D eigenvalue weighted by molar-refractivity contribution is 5.42. The van der Waals surface area contributed by atoms with Gasteiger partial charge in [0.15, 0.2) is 0 Å². The second-order valence-corrected chi connectivity index (χ2v) is 6.96. The van der Waals surface area contributed by atoms with Gasteiger partial charge in [-0.3, -0.25) is 4.90 Å². The second-order valence-electron chi connectivity index (χ2n) is 6.96.